The second-order valence-electron chi connectivity index (χ2n) is 3.94. The number of hydrogen-bond acceptors (Lipinski definition) is 5. The van der Waals surface area contributed by atoms with Gasteiger partial charge in [0.15, 0.2) is 5.82 Å². The van der Waals surface area contributed by atoms with E-state index in [-0.39, 0.29) is 5.95 Å². The third kappa shape index (κ3) is 1.66. The summed E-state index contributed by atoms with van der Waals surface area (Å²) in [6.45, 7) is 4.03. The van der Waals surface area contributed by atoms with E-state index in [0.717, 1.165) is 21.6 Å². The number of aryl methyl sites for hydroxylation is 2. The summed E-state index contributed by atoms with van der Waals surface area (Å²) in [5, 5.41) is 5.25. The van der Waals surface area contributed by atoms with Gasteiger partial charge in [0, 0.05) is 11.1 Å². The Bertz CT molecular complexity index is 697. The molecule has 17 heavy (non-hydrogen) atoms. The number of anilines is 1. The van der Waals surface area contributed by atoms with Gasteiger partial charge >= 0.3 is 0 Å². The second-order valence-corrected chi connectivity index (χ2v) is 5.18. The Morgan fingerprint density at radius 1 is 1.29 bits per heavy atom. The van der Waals surface area contributed by atoms with Gasteiger partial charge in [-0.25, -0.2) is 9.67 Å². The highest BCUT2D eigenvalue weighted by atomic mass is 32.1. The molecular weight excluding hydrogens is 234 g/mol. The highest BCUT2D eigenvalue weighted by molar-refractivity contribution is 7.18. The van der Waals surface area contributed by atoms with E-state index in [0.29, 0.717) is 0 Å². The molecule has 5 nitrogen and oxygen atoms in total. The molecule has 0 aliphatic heterocycles. The van der Waals surface area contributed by atoms with Crippen molar-refractivity contribution in [3.05, 3.63) is 28.9 Å². The van der Waals surface area contributed by atoms with Crippen molar-refractivity contribution in [1.82, 2.24) is 19.7 Å². The summed E-state index contributed by atoms with van der Waals surface area (Å²) >= 11 is 1.61. The van der Waals surface area contributed by atoms with Gasteiger partial charge in [-0.1, -0.05) is 0 Å². The molecule has 3 heterocycles. The molecule has 0 saturated carbocycles. The number of nitrogens with zero attached hydrogens (tertiary/aromatic N) is 4. The lowest BCUT2D eigenvalue weighted by atomic mass is 10.3. The van der Waals surface area contributed by atoms with E-state index in [9.17, 15) is 0 Å². The molecule has 3 aromatic rings. The normalized spacial score (nSPS) is 11.2. The number of hydrogen-bond donors (Lipinski definition) is 1. The van der Waals surface area contributed by atoms with Crippen molar-refractivity contribution in [3.63, 3.8) is 0 Å². The first-order valence-corrected chi connectivity index (χ1v) is 6.00. The standard InChI is InChI=1S/C11H11N5S/c1-6-4-13-16(5-6)9-8-3-7(2)17-10(8)15-11(12)14-9/h3-5H,1-2H3,(H2,12,14,15). The van der Waals surface area contributed by atoms with Gasteiger partial charge in [0.25, 0.3) is 0 Å². The van der Waals surface area contributed by atoms with Crippen molar-refractivity contribution < 1.29 is 0 Å². The van der Waals surface area contributed by atoms with Gasteiger partial charge in [-0.2, -0.15) is 10.1 Å². The molecule has 6 heteroatoms. The molecule has 3 aromatic heterocycles. The molecule has 0 atom stereocenters. The molecule has 0 radical (unpaired) electrons. The summed E-state index contributed by atoms with van der Waals surface area (Å²) in [4.78, 5) is 10.6. The Labute approximate surface area is 102 Å². The summed E-state index contributed by atoms with van der Waals surface area (Å²) in [7, 11) is 0. The Balaban J connectivity index is 2.34. The van der Waals surface area contributed by atoms with E-state index in [1.807, 2.05) is 20.0 Å². The molecule has 0 amide bonds. The maximum absolute atomic E-state index is 5.72. The van der Waals surface area contributed by atoms with Crippen LogP contribution in [0.4, 0.5) is 5.95 Å². The molecular formula is C11H11N5S. The van der Waals surface area contributed by atoms with Crippen LogP contribution in [0.15, 0.2) is 18.5 Å². The van der Waals surface area contributed by atoms with E-state index < -0.39 is 0 Å². The summed E-state index contributed by atoms with van der Waals surface area (Å²) < 4.78 is 1.74. The van der Waals surface area contributed by atoms with Crippen LogP contribution in [0.3, 0.4) is 0 Å². The third-order valence-electron chi connectivity index (χ3n) is 2.44. The van der Waals surface area contributed by atoms with E-state index in [1.54, 1.807) is 22.2 Å². The first-order chi connectivity index (χ1) is 8.13. The Kier molecular flexibility index (Phi) is 2.12. The quantitative estimate of drug-likeness (QED) is 0.712. The lowest BCUT2D eigenvalue weighted by Gasteiger charge is -2.02. The van der Waals surface area contributed by atoms with Gasteiger partial charge in [-0.05, 0) is 25.5 Å². The van der Waals surface area contributed by atoms with Crippen LogP contribution in [0.25, 0.3) is 16.0 Å². The number of rotatable bonds is 1. The van der Waals surface area contributed by atoms with Crippen molar-refractivity contribution in [2.75, 3.05) is 5.73 Å². The lowest BCUT2D eigenvalue weighted by molar-refractivity contribution is 0.854. The van der Waals surface area contributed by atoms with Crippen LogP contribution in [-0.4, -0.2) is 19.7 Å². The predicted molar refractivity (Wildman–Crippen MR) is 68.4 cm³/mol. The van der Waals surface area contributed by atoms with Crippen LogP contribution in [0.5, 0.6) is 0 Å². The minimum atomic E-state index is 0.280. The van der Waals surface area contributed by atoms with Crippen LogP contribution >= 0.6 is 11.3 Å². The molecule has 0 aromatic carbocycles. The van der Waals surface area contributed by atoms with E-state index in [4.69, 9.17) is 5.73 Å². The molecule has 0 fully saturated rings. The highest BCUT2D eigenvalue weighted by Crippen LogP contribution is 2.27. The number of fused-ring (bicyclic) bond motifs is 1. The van der Waals surface area contributed by atoms with E-state index in [1.165, 1.54) is 4.88 Å². The Hall–Kier alpha value is -1.95. The maximum atomic E-state index is 5.72. The zero-order valence-electron chi connectivity index (χ0n) is 9.51. The van der Waals surface area contributed by atoms with E-state index >= 15 is 0 Å². The average Bonchev–Trinajstić information content (AvgIpc) is 2.82. The highest BCUT2D eigenvalue weighted by Gasteiger charge is 2.11. The molecule has 3 rings (SSSR count). The number of thiophene rings is 1. The van der Waals surface area contributed by atoms with Gasteiger partial charge in [0.2, 0.25) is 5.95 Å². The Morgan fingerprint density at radius 3 is 2.82 bits per heavy atom. The summed E-state index contributed by atoms with van der Waals surface area (Å²) in [6, 6.07) is 2.06. The first kappa shape index (κ1) is 10.2. The SMILES string of the molecule is Cc1cnn(-c2nc(N)nc3sc(C)cc23)c1. The molecule has 86 valence electrons. The average molecular weight is 245 g/mol. The van der Waals surface area contributed by atoms with Gasteiger partial charge in [0.05, 0.1) is 11.6 Å². The van der Waals surface area contributed by atoms with Crippen molar-refractivity contribution in [1.29, 1.82) is 0 Å². The zero-order valence-corrected chi connectivity index (χ0v) is 10.3. The lowest BCUT2D eigenvalue weighted by Crippen LogP contribution is -2.03. The maximum Gasteiger partial charge on any atom is 0.223 e. The fourth-order valence-corrected chi connectivity index (χ4v) is 2.63. The minimum Gasteiger partial charge on any atom is -0.368 e. The van der Waals surface area contributed by atoms with Crippen molar-refractivity contribution in [3.8, 4) is 5.82 Å². The monoisotopic (exact) mass is 245 g/mol. The molecule has 0 bridgehead atoms. The van der Waals surface area contributed by atoms with Crippen molar-refractivity contribution in [2.45, 2.75) is 13.8 Å². The number of nitrogen functional groups attached to an aromatic ring is 1. The molecule has 2 N–H and O–H groups in total. The van der Waals surface area contributed by atoms with Crippen molar-refractivity contribution >= 4 is 27.5 Å². The molecule has 0 aliphatic carbocycles. The third-order valence-corrected chi connectivity index (χ3v) is 3.39. The van der Waals surface area contributed by atoms with Gasteiger partial charge in [-0.15, -0.1) is 11.3 Å². The molecule has 0 unspecified atom stereocenters. The topological polar surface area (TPSA) is 69.6 Å². The molecule has 0 spiro atoms. The smallest absolute Gasteiger partial charge is 0.223 e. The van der Waals surface area contributed by atoms with Crippen LogP contribution in [-0.2, 0) is 0 Å². The zero-order chi connectivity index (χ0) is 12.0. The number of aromatic nitrogens is 4. The van der Waals surface area contributed by atoms with Gasteiger partial charge in [0.1, 0.15) is 4.83 Å². The predicted octanol–water partition coefficient (Wildman–Crippen LogP) is 2.08. The number of nitrogens with two attached hydrogens (primary N) is 1. The molecule has 0 saturated heterocycles. The Morgan fingerprint density at radius 2 is 2.12 bits per heavy atom. The largest absolute Gasteiger partial charge is 0.368 e. The second kappa shape index (κ2) is 3.53. The van der Waals surface area contributed by atoms with Gasteiger partial charge in [-0.3, -0.25) is 0 Å². The first-order valence-electron chi connectivity index (χ1n) is 5.19. The summed E-state index contributed by atoms with van der Waals surface area (Å²) in [6.07, 6.45) is 3.72. The van der Waals surface area contributed by atoms with Crippen molar-refractivity contribution in [2.24, 2.45) is 0 Å². The van der Waals surface area contributed by atoms with E-state index in [2.05, 4.69) is 21.1 Å². The van der Waals surface area contributed by atoms with Crippen LogP contribution in [0, 0.1) is 13.8 Å². The fraction of sp³-hybridized carbons (Fsp3) is 0.182. The van der Waals surface area contributed by atoms with Gasteiger partial charge < -0.3 is 5.73 Å². The van der Waals surface area contributed by atoms with Crippen LogP contribution < -0.4 is 5.73 Å². The molecule has 0 aliphatic rings. The van der Waals surface area contributed by atoms with Crippen LogP contribution in [0.2, 0.25) is 0 Å². The van der Waals surface area contributed by atoms with Crippen LogP contribution in [0.1, 0.15) is 10.4 Å². The summed E-state index contributed by atoms with van der Waals surface area (Å²) in [5.74, 6) is 1.02. The minimum absolute atomic E-state index is 0.280. The fourth-order valence-electron chi connectivity index (χ4n) is 1.75. The summed E-state index contributed by atoms with van der Waals surface area (Å²) in [5.41, 5.74) is 6.81.